The molecule has 0 amide bonds. The Hall–Kier alpha value is -2.11. The summed E-state index contributed by atoms with van der Waals surface area (Å²) in [5.41, 5.74) is 2.00. The van der Waals surface area contributed by atoms with Gasteiger partial charge in [0.1, 0.15) is 10.8 Å². The fraction of sp³-hybridized carbons (Fsp3) is 0.222. The molecule has 3 rings (SSSR count). The highest BCUT2D eigenvalue weighted by Gasteiger charge is 2.23. The first-order valence-corrected chi connectivity index (χ1v) is 8.23. The van der Waals surface area contributed by atoms with Crippen LogP contribution < -0.4 is 0 Å². The van der Waals surface area contributed by atoms with Gasteiger partial charge in [0.2, 0.25) is 0 Å². The molecule has 2 heterocycles. The van der Waals surface area contributed by atoms with Crippen molar-refractivity contribution in [3.05, 3.63) is 71.2 Å². The van der Waals surface area contributed by atoms with E-state index in [0.29, 0.717) is 0 Å². The minimum absolute atomic E-state index is 0.0645. The number of halogens is 1. The quantitative estimate of drug-likeness (QED) is 0.767. The zero-order valence-corrected chi connectivity index (χ0v) is 13.5. The molecule has 118 valence electrons. The van der Waals surface area contributed by atoms with E-state index in [0.717, 1.165) is 21.0 Å². The van der Waals surface area contributed by atoms with Crippen LogP contribution in [0.25, 0.3) is 10.6 Å². The number of rotatable bonds is 5. The van der Waals surface area contributed by atoms with Crippen molar-refractivity contribution in [2.45, 2.75) is 12.8 Å². The van der Waals surface area contributed by atoms with Crippen LogP contribution in [0, 0.1) is 11.7 Å². The smallest absolute Gasteiger partial charge is 0.123 e. The molecule has 0 aliphatic heterocycles. The molecule has 0 saturated carbocycles. The van der Waals surface area contributed by atoms with Gasteiger partial charge in [-0.25, -0.2) is 9.37 Å². The van der Waals surface area contributed by atoms with E-state index in [2.05, 4.69) is 9.97 Å². The molecule has 2 atom stereocenters. The molecule has 23 heavy (non-hydrogen) atoms. The minimum Gasteiger partial charge on any atom is -0.396 e. The Kier molecular flexibility index (Phi) is 4.79. The van der Waals surface area contributed by atoms with Crippen LogP contribution in [0.4, 0.5) is 4.39 Å². The number of thiazole rings is 1. The number of hydrogen-bond acceptors (Lipinski definition) is 4. The van der Waals surface area contributed by atoms with E-state index < -0.39 is 0 Å². The molecule has 3 aromatic rings. The number of benzene rings is 1. The van der Waals surface area contributed by atoms with Crippen molar-refractivity contribution in [1.29, 1.82) is 0 Å². The highest BCUT2D eigenvalue weighted by atomic mass is 32.1. The Labute approximate surface area is 138 Å². The summed E-state index contributed by atoms with van der Waals surface area (Å²) in [4.78, 5) is 9.62. The van der Waals surface area contributed by atoms with Crippen molar-refractivity contribution in [3.8, 4) is 10.6 Å². The Morgan fingerprint density at radius 2 is 1.83 bits per heavy atom. The summed E-state index contributed by atoms with van der Waals surface area (Å²) in [6, 6.07) is 10.3. The third-order valence-corrected chi connectivity index (χ3v) is 4.97. The van der Waals surface area contributed by atoms with Crippen LogP contribution in [0.15, 0.2) is 55.0 Å². The molecule has 3 nitrogen and oxygen atoms in total. The van der Waals surface area contributed by atoms with Crippen molar-refractivity contribution >= 4 is 11.3 Å². The maximum Gasteiger partial charge on any atom is 0.123 e. The lowest BCUT2D eigenvalue weighted by molar-refractivity contribution is 0.226. The van der Waals surface area contributed by atoms with Gasteiger partial charge in [0.15, 0.2) is 0 Å². The highest BCUT2D eigenvalue weighted by molar-refractivity contribution is 7.15. The van der Waals surface area contributed by atoms with Crippen molar-refractivity contribution in [2.75, 3.05) is 6.61 Å². The maximum absolute atomic E-state index is 13.1. The van der Waals surface area contributed by atoms with Crippen LogP contribution in [0.5, 0.6) is 0 Å². The summed E-state index contributed by atoms with van der Waals surface area (Å²) < 4.78 is 13.1. The number of nitrogens with zero attached hydrogens (tertiary/aromatic N) is 2. The van der Waals surface area contributed by atoms with Gasteiger partial charge in [-0.15, -0.1) is 11.3 Å². The van der Waals surface area contributed by atoms with E-state index in [-0.39, 0.29) is 24.3 Å². The lowest BCUT2D eigenvalue weighted by Gasteiger charge is -2.21. The van der Waals surface area contributed by atoms with Crippen molar-refractivity contribution in [1.82, 2.24) is 9.97 Å². The van der Waals surface area contributed by atoms with Crippen LogP contribution >= 0.6 is 11.3 Å². The van der Waals surface area contributed by atoms with E-state index in [9.17, 15) is 9.50 Å². The SMILES string of the molecule is CC(CO)C(c1ccncc1)c1cnc(-c2ccc(F)cc2)s1. The summed E-state index contributed by atoms with van der Waals surface area (Å²) in [6.07, 6.45) is 5.36. The number of hydrogen-bond donors (Lipinski definition) is 1. The Balaban J connectivity index is 1.96. The average molecular weight is 328 g/mol. The van der Waals surface area contributed by atoms with Crippen LogP contribution in [-0.4, -0.2) is 21.7 Å². The monoisotopic (exact) mass is 328 g/mol. The van der Waals surface area contributed by atoms with Gasteiger partial charge < -0.3 is 5.11 Å². The minimum atomic E-state index is -0.255. The van der Waals surface area contributed by atoms with Crippen LogP contribution in [0.2, 0.25) is 0 Å². The van der Waals surface area contributed by atoms with Crippen molar-refractivity contribution < 1.29 is 9.50 Å². The topological polar surface area (TPSA) is 46.0 Å². The molecule has 1 N–H and O–H groups in total. The zero-order chi connectivity index (χ0) is 16.2. The highest BCUT2D eigenvalue weighted by Crippen LogP contribution is 2.37. The number of aliphatic hydroxyl groups is 1. The van der Waals surface area contributed by atoms with Crippen LogP contribution in [0.1, 0.15) is 23.3 Å². The standard InChI is InChI=1S/C18H17FN2OS/c1-12(11-22)17(13-6-8-20-9-7-13)16-10-21-18(23-16)14-2-4-15(19)5-3-14/h2-10,12,17,22H,11H2,1H3. The summed E-state index contributed by atoms with van der Waals surface area (Å²) >= 11 is 1.57. The van der Waals surface area contributed by atoms with Gasteiger partial charge >= 0.3 is 0 Å². The van der Waals surface area contributed by atoms with Crippen molar-refractivity contribution in [3.63, 3.8) is 0 Å². The lowest BCUT2D eigenvalue weighted by atomic mass is 9.87. The summed E-state index contributed by atoms with van der Waals surface area (Å²) in [7, 11) is 0. The van der Waals surface area contributed by atoms with Crippen LogP contribution in [-0.2, 0) is 0 Å². The normalized spacial score (nSPS) is 13.7. The second-order valence-electron chi connectivity index (χ2n) is 5.49. The third-order valence-electron chi connectivity index (χ3n) is 3.84. The Bertz CT molecular complexity index is 758. The largest absolute Gasteiger partial charge is 0.396 e. The summed E-state index contributed by atoms with van der Waals surface area (Å²) in [6.45, 7) is 2.11. The average Bonchev–Trinajstić information content (AvgIpc) is 3.06. The molecule has 0 bridgehead atoms. The molecular formula is C18H17FN2OS. The number of aromatic nitrogens is 2. The van der Waals surface area contributed by atoms with E-state index in [1.165, 1.54) is 12.1 Å². The molecular weight excluding hydrogens is 311 g/mol. The zero-order valence-electron chi connectivity index (χ0n) is 12.7. The van der Waals surface area contributed by atoms with Gasteiger partial charge in [-0.1, -0.05) is 6.92 Å². The molecule has 5 heteroatoms. The Morgan fingerprint density at radius 1 is 1.13 bits per heavy atom. The first-order valence-electron chi connectivity index (χ1n) is 7.41. The fourth-order valence-electron chi connectivity index (χ4n) is 2.61. The molecule has 1 aromatic carbocycles. The van der Waals surface area contributed by atoms with E-state index in [4.69, 9.17) is 0 Å². The summed E-state index contributed by atoms with van der Waals surface area (Å²) in [5, 5.41) is 10.5. The molecule has 2 aromatic heterocycles. The first-order chi connectivity index (χ1) is 11.2. The lowest BCUT2D eigenvalue weighted by Crippen LogP contribution is -2.14. The second-order valence-corrected chi connectivity index (χ2v) is 6.55. The Morgan fingerprint density at radius 3 is 2.48 bits per heavy atom. The third kappa shape index (κ3) is 3.46. The van der Waals surface area contributed by atoms with Gasteiger partial charge in [-0.3, -0.25) is 4.98 Å². The molecule has 0 radical (unpaired) electrons. The number of aliphatic hydroxyl groups excluding tert-OH is 1. The molecule has 0 fully saturated rings. The predicted octanol–water partition coefficient (Wildman–Crippen LogP) is 4.10. The number of pyridine rings is 1. The van der Waals surface area contributed by atoms with Gasteiger partial charge in [0.25, 0.3) is 0 Å². The second kappa shape index (κ2) is 6.98. The van der Waals surface area contributed by atoms with E-state index in [1.54, 1.807) is 35.9 Å². The van der Waals surface area contributed by atoms with Gasteiger partial charge in [0, 0.05) is 41.6 Å². The fourth-order valence-corrected chi connectivity index (χ4v) is 3.79. The predicted molar refractivity (Wildman–Crippen MR) is 89.8 cm³/mol. The first kappa shape index (κ1) is 15.8. The van der Waals surface area contributed by atoms with Crippen molar-refractivity contribution in [2.24, 2.45) is 5.92 Å². The molecule has 0 aliphatic rings. The van der Waals surface area contributed by atoms with Crippen LogP contribution in [0.3, 0.4) is 0 Å². The van der Waals surface area contributed by atoms with Gasteiger partial charge in [-0.05, 0) is 47.9 Å². The molecule has 0 saturated heterocycles. The van der Waals surface area contributed by atoms with Gasteiger partial charge in [0.05, 0.1) is 0 Å². The molecule has 0 aliphatic carbocycles. The summed E-state index contributed by atoms with van der Waals surface area (Å²) in [5.74, 6) is -0.122. The van der Waals surface area contributed by atoms with Gasteiger partial charge in [-0.2, -0.15) is 0 Å². The van der Waals surface area contributed by atoms with E-state index in [1.807, 2.05) is 25.3 Å². The van der Waals surface area contributed by atoms with E-state index >= 15 is 0 Å². The maximum atomic E-state index is 13.1. The molecule has 0 spiro atoms. The molecule has 2 unspecified atom stereocenters.